The van der Waals surface area contributed by atoms with Gasteiger partial charge in [0.25, 0.3) is 0 Å². The van der Waals surface area contributed by atoms with Crippen LogP contribution < -0.4 is 0 Å². The van der Waals surface area contributed by atoms with Crippen molar-refractivity contribution >= 4 is 6.29 Å². The number of carbonyl (C=O) groups is 1. The van der Waals surface area contributed by atoms with Crippen LogP contribution in [-0.4, -0.2) is 6.29 Å². The average Bonchev–Trinajstić information content (AvgIpc) is 2.46. The molecule has 1 aliphatic rings. The quantitative estimate of drug-likeness (QED) is 0.452. The Labute approximate surface area is 136 Å². The number of rotatable bonds is 5. The van der Waals surface area contributed by atoms with Gasteiger partial charge < -0.3 is 4.79 Å². The standard InChI is InChI=1S/C21H30O/c1-7-16(2)9-8-10-17(3)11-12-20-18(4)19(15-22)13-14-21(20,5)6/h7-12,15,19H,13-14H2,1-6H3. The van der Waals surface area contributed by atoms with E-state index in [2.05, 4.69) is 71.1 Å². The average molecular weight is 298 g/mol. The fraction of sp³-hybridized carbons (Fsp3) is 0.476. The first-order valence-corrected chi connectivity index (χ1v) is 8.14. The van der Waals surface area contributed by atoms with E-state index in [1.807, 2.05) is 6.92 Å². The van der Waals surface area contributed by atoms with E-state index in [0.29, 0.717) is 0 Å². The summed E-state index contributed by atoms with van der Waals surface area (Å²) in [4.78, 5) is 11.2. The van der Waals surface area contributed by atoms with Crippen LogP contribution in [0.15, 0.2) is 58.7 Å². The second-order valence-corrected chi connectivity index (χ2v) is 6.90. The Morgan fingerprint density at radius 2 is 1.86 bits per heavy atom. The molecule has 0 aromatic heterocycles. The molecule has 0 radical (unpaired) electrons. The molecule has 1 heteroatoms. The molecule has 0 fully saturated rings. The van der Waals surface area contributed by atoms with E-state index in [9.17, 15) is 4.79 Å². The molecule has 1 unspecified atom stereocenters. The third-order valence-corrected chi connectivity index (χ3v) is 4.64. The number of hydrogen-bond acceptors (Lipinski definition) is 1. The fourth-order valence-electron chi connectivity index (χ4n) is 2.85. The Kier molecular flexibility index (Phi) is 6.80. The van der Waals surface area contributed by atoms with Gasteiger partial charge >= 0.3 is 0 Å². The van der Waals surface area contributed by atoms with Crippen LogP contribution in [0.1, 0.15) is 54.4 Å². The Balaban J connectivity index is 2.97. The lowest BCUT2D eigenvalue weighted by atomic mass is 9.69. The third kappa shape index (κ3) is 4.98. The molecule has 1 atom stereocenters. The van der Waals surface area contributed by atoms with Crippen molar-refractivity contribution in [1.29, 1.82) is 0 Å². The van der Waals surface area contributed by atoms with Gasteiger partial charge in [-0.1, -0.05) is 67.0 Å². The van der Waals surface area contributed by atoms with Gasteiger partial charge in [-0.25, -0.2) is 0 Å². The minimum absolute atomic E-state index is 0.0918. The Hall–Kier alpha value is -1.63. The van der Waals surface area contributed by atoms with Crippen molar-refractivity contribution in [3.63, 3.8) is 0 Å². The van der Waals surface area contributed by atoms with Crippen molar-refractivity contribution < 1.29 is 4.79 Å². The van der Waals surface area contributed by atoms with Crippen LogP contribution in [-0.2, 0) is 4.79 Å². The van der Waals surface area contributed by atoms with Gasteiger partial charge in [0.1, 0.15) is 6.29 Å². The van der Waals surface area contributed by atoms with Crippen LogP contribution in [0.2, 0.25) is 0 Å². The van der Waals surface area contributed by atoms with E-state index >= 15 is 0 Å². The van der Waals surface area contributed by atoms with Gasteiger partial charge in [0.2, 0.25) is 0 Å². The summed E-state index contributed by atoms with van der Waals surface area (Å²) in [7, 11) is 0. The first-order valence-electron chi connectivity index (χ1n) is 8.14. The summed E-state index contributed by atoms with van der Waals surface area (Å²) in [5, 5.41) is 0. The topological polar surface area (TPSA) is 17.1 Å². The summed E-state index contributed by atoms with van der Waals surface area (Å²) in [6, 6.07) is 0. The van der Waals surface area contributed by atoms with Crippen LogP contribution in [0.4, 0.5) is 0 Å². The molecule has 1 aliphatic carbocycles. The molecule has 0 amide bonds. The molecule has 0 aromatic carbocycles. The van der Waals surface area contributed by atoms with Crippen molar-refractivity contribution in [1.82, 2.24) is 0 Å². The van der Waals surface area contributed by atoms with Gasteiger partial charge in [-0.05, 0) is 51.5 Å². The molecule has 0 bridgehead atoms. The smallest absolute Gasteiger partial charge is 0.127 e. The Bertz CT molecular complexity index is 550. The maximum Gasteiger partial charge on any atom is 0.127 e. The highest BCUT2D eigenvalue weighted by molar-refractivity contribution is 5.61. The minimum atomic E-state index is 0.0918. The van der Waals surface area contributed by atoms with Crippen LogP contribution >= 0.6 is 0 Å². The zero-order valence-electron chi connectivity index (χ0n) is 14.9. The van der Waals surface area contributed by atoms with Gasteiger partial charge in [-0.3, -0.25) is 0 Å². The lowest BCUT2D eigenvalue weighted by Crippen LogP contribution is -2.25. The van der Waals surface area contributed by atoms with Crippen molar-refractivity contribution in [2.75, 3.05) is 0 Å². The highest BCUT2D eigenvalue weighted by atomic mass is 16.1. The second-order valence-electron chi connectivity index (χ2n) is 6.90. The molecular formula is C21H30O. The second kappa shape index (κ2) is 8.12. The van der Waals surface area contributed by atoms with Gasteiger partial charge in [-0.15, -0.1) is 0 Å². The minimum Gasteiger partial charge on any atom is -0.303 e. The predicted octanol–water partition coefficient (Wildman–Crippen LogP) is 5.96. The number of carbonyl (C=O) groups excluding carboxylic acids is 1. The molecule has 0 spiro atoms. The highest BCUT2D eigenvalue weighted by Gasteiger charge is 2.31. The third-order valence-electron chi connectivity index (χ3n) is 4.64. The van der Waals surface area contributed by atoms with Crippen LogP contribution in [0.25, 0.3) is 0 Å². The Morgan fingerprint density at radius 1 is 1.18 bits per heavy atom. The molecule has 0 aliphatic heterocycles. The lowest BCUT2D eigenvalue weighted by Gasteiger charge is -2.35. The zero-order valence-corrected chi connectivity index (χ0v) is 14.9. The van der Waals surface area contributed by atoms with Crippen LogP contribution in [0, 0.1) is 11.3 Å². The molecule has 0 saturated carbocycles. The lowest BCUT2D eigenvalue weighted by molar-refractivity contribution is -0.110. The van der Waals surface area contributed by atoms with Crippen molar-refractivity contribution in [2.24, 2.45) is 11.3 Å². The van der Waals surface area contributed by atoms with Gasteiger partial charge in [0.05, 0.1) is 0 Å². The van der Waals surface area contributed by atoms with E-state index in [0.717, 1.165) is 19.1 Å². The summed E-state index contributed by atoms with van der Waals surface area (Å²) < 4.78 is 0. The van der Waals surface area contributed by atoms with Gasteiger partial charge in [-0.2, -0.15) is 0 Å². The molecular weight excluding hydrogens is 268 g/mol. The number of allylic oxidation sites excluding steroid dienone is 10. The van der Waals surface area contributed by atoms with Crippen molar-refractivity contribution in [3.05, 3.63) is 58.7 Å². The molecule has 0 N–H and O–H groups in total. The molecule has 120 valence electrons. The normalized spacial score (nSPS) is 23.6. The van der Waals surface area contributed by atoms with Crippen LogP contribution in [0.3, 0.4) is 0 Å². The van der Waals surface area contributed by atoms with Crippen molar-refractivity contribution in [2.45, 2.75) is 54.4 Å². The number of hydrogen-bond donors (Lipinski definition) is 0. The molecule has 0 saturated heterocycles. The van der Waals surface area contributed by atoms with Crippen molar-refractivity contribution in [3.8, 4) is 0 Å². The maximum absolute atomic E-state index is 11.2. The SMILES string of the molecule is CC=C(C)C=CC=C(C)C=CC1=C(C)C(C=O)CCC1(C)C. The Morgan fingerprint density at radius 3 is 2.45 bits per heavy atom. The maximum atomic E-state index is 11.2. The fourth-order valence-corrected chi connectivity index (χ4v) is 2.85. The summed E-state index contributed by atoms with van der Waals surface area (Å²) >= 11 is 0. The van der Waals surface area contributed by atoms with E-state index in [4.69, 9.17) is 0 Å². The first-order chi connectivity index (χ1) is 10.3. The molecule has 0 aromatic rings. The molecule has 22 heavy (non-hydrogen) atoms. The van der Waals surface area contributed by atoms with Gasteiger partial charge in [0.15, 0.2) is 0 Å². The summed E-state index contributed by atoms with van der Waals surface area (Å²) in [5.74, 6) is 0.0918. The monoisotopic (exact) mass is 298 g/mol. The predicted molar refractivity (Wildman–Crippen MR) is 96.7 cm³/mol. The van der Waals surface area contributed by atoms with E-state index in [1.165, 1.54) is 22.3 Å². The van der Waals surface area contributed by atoms with Crippen LogP contribution in [0.5, 0.6) is 0 Å². The molecule has 0 heterocycles. The molecule has 1 nitrogen and oxygen atoms in total. The summed E-state index contributed by atoms with van der Waals surface area (Å²) in [5.41, 5.74) is 5.17. The van der Waals surface area contributed by atoms with E-state index < -0.39 is 0 Å². The van der Waals surface area contributed by atoms with E-state index in [1.54, 1.807) is 0 Å². The summed E-state index contributed by atoms with van der Waals surface area (Å²) in [6.07, 6.45) is 15.9. The highest BCUT2D eigenvalue weighted by Crippen LogP contribution is 2.42. The largest absolute Gasteiger partial charge is 0.303 e. The molecule has 1 rings (SSSR count). The van der Waals surface area contributed by atoms with Gasteiger partial charge in [0, 0.05) is 5.92 Å². The summed E-state index contributed by atoms with van der Waals surface area (Å²) in [6.45, 7) is 12.9. The first kappa shape index (κ1) is 18.4. The zero-order chi connectivity index (χ0) is 16.8. The van der Waals surface area contributed by atoms with E-state index in [-0.39, 0.29) is 11.3 Å². The number of aldehydes is 1.